The summed E-state index contributed by atoms with van der Waals surface area (Å²) in [6, 6.07) is 7.62. The molecule has 3 aromatic rings. The van der Waals surface area contributed by atoms with E-state index in [9.17, 15) is 9.90 Å². The second kappa shape index (κ2) is 5.07. The van der Waals surface area contributed by atoms with Crippen LogP contribution in [0, 0.1) is 6.92 Å². The highest BCUT2D eigenvalue weighted by Crippen LogP contribution is 2.29. The fourth-order valence-corrected chi connectivity index (χ4v) is 3.26. The van der Waals surface area contributed by atoms with Gasteiger partial charge in [-0.25, -0.2) is 4.79 Å². The lowest BCUT2D eigenvalue weighted by atomic mass is 10.0. The summed E-state index contributed by atoms with van der Waals surface area (Å²) in [5.41, 5.74) is 2.99. The second-order valence-electron chi connectivity index (χ2n) is 5.13. The smallest absolute Gasteiger partial charge is 0.336 e. The highest BCUT2D eigenvalue weighted by atomic mass is 79.9. The minimum absolute atomic E-state index is 0.0427. The van der Waals surface area contributed by atoms with Crippen LogP contribution in [0.3, 0.4) is 0 Å². The van der Waals surface area contributed by atoms with Gasteiger partial charge in [-0.1, -0.05) is 0 Å². The van der Waals surface area contributed by atoms with Gasteiger partial charge < -0.3 is 14.1 Å². The van der Waals surface area contributed by atoms with Gasteiger partial charge in [0.2, 0.25) is 0 Å². The van der Waals surface area contributed by atoms with Crippen molar-refractivity contribution in [3.8, 4) is 0 Å². The maximum absolute atomic E-state index is 11.5. The van der Waals surface area contributed by atoms with Crippen molar-refractivity contribution in [3.05, 3.63) is 64.1 Å². The van der Waals surface area contributed by atoms with Crippen LogP contribution >= 0.6 is 15.9 Å². The Balaban J connectivity index is 2.33. The van der Waals surface area contributed by atoms with Gasteiger partial charge in [-0.3, -0.25) is 0 Å². The predicted octanol–water partition coefficient (Wildman–Crippen LogP) is 4.12. The van der Waals surface area contributed by atoms with Crippen LogP contribution in [0.25, 0.3) is 5.52 Å². The molecular weight excluding hydrogens is 332 g/mol. The van der Waals surface area contributed by atoms with Crippen molar-refractivity contribution >= 4 is 27.4 Å². The molecular formula is C16H15BrN2O2. The molecule has 0 fully saturated rings. The number of rotatable bonds is 3. The van der Waals surface area contributed by atoms with Crippen molar-refractivity contribution < 1.29 is 9.90 Å². The third-order valence-electron chi connectivity index (χ3n) is 3.86. The molecule has 5 heteroatoms. The van der Waals surface area contributed by atoms with E-state index in [4.69, 9.17) is 0 Å². The number of aromatic carboxylic acids is 1. The summed E-state index contributed by atoms with van der Waals surface area (Å²) in [4.78, 5) is 11.5. The fraction of sp³-hybridized carbons (Fsp3) is 0.188. The number of carboxylic acids is 1. The van der Waals surface area contributed by atoms with Gasteiger partial charge in [-0.15, -0.1) is 0 Å². The number of hydrogen-bond donors (Lipinski definition) is 1. The van der Waals surface area contributed by atoms with Gasteiger partial charge in [0.05, 0.1) is 11.6 Å². The summed E-state index contributed by atoms with van der Waals surface area (Å²) in [5.74, 6) is -0.895. The van der Waals surface area contributed by atoms with E-state index in [-0.39, 0.29) is 6.04 Å². The molecule has 3 rings (SSSR count). The Labute approximate surface area is 130 Å². The molecule has 0 saturated heterocycles. The zero-order valence-electron chi connectivity index (χ0n) is 11.7. The minimum Gasteiger partial charge on any atom is -0.478 e. The molecule has 0 bridgehead atoms. The molecule has 0 aliphatic rings. The Morgan fingerprint density at radius 1 is 1.29 bits per heavy atom. The van der Waals surface area contributed by atoms with Gasteiger partial charge in [-0.05, 0) is 59.6 Å². The number of carbonyl (C=O) groups is 1. The summed E-state index contributed by atoms with van der Waals surface area (Å²) >= 11 is 3.47. The van der Waals surface area contributed by atoms with E-state index >= 15 is 0 Å². The molecule has 0 radical (unpaired) electrons. The van der Waals surface area contributed by atoms with Crippen molar-refractivity contribution in [1.29, 1.82) is 0 Å². The van der Waals surface area contributed by atoms with E-state index in [0.29, 0.717) is 5.56 Å². The van der Waals surface area contributed by atoms with Crippen molar-refractivity contribution in [1.82, 2.24) is 8.97 Å². The summed E-state index contributed by atoms with van der Waals surface area (Å²) in [7, 11) is 0. The Kier molecular flexibility index (Phi) is 3.37. The molecule has 0 aromatic carbocycles. The summed E-state index contributed by atoms with van der Waals surface area (Å²) < 4.78 is 5.06. The van der Waals surface area contributed by atoms with Crippen LogP contribution < -0.4 is 0 Å². The van der Waals surface area contributed by atoms with Crippen LogP contribution in [0.4, 0.5) is 0 Å². The normalized spacial score (nSPS) is 12.7. The van der Waals surface area contributed by atoms with Crippen molar-refractivity contribution in [3.63, 3.8) is 0 Å². The van der Waals surface area contributed by atoms with Gasteiger partial charge in [-0.2, -0.15) is 0 Å². The molecule has 4 nitrogen and oxygen atoms in total. The van der Waals surface area contributed by atoms with Crippen LogP contribution in [0.15, 0.2) is 47.3 Å². The number of aromatic nitrogens is 2. The molecule has 21 heavy (non-hydrogen) atoms. The Bertz CT molecular complexity index is 819. The van der Waals surface area contributed by atoms with Crippen molar-refractivity contribution in [2.45, 2.75) is 19.9 Å². The van der Waals surface area contributed by atoms with E-state index in [2.05, 4.69) is 31.8 Å². The largest absolute Gasteiger partial charge is 0.478 e. The molecule has 0 amide bonds. The monoisotopic (exact) mass is 346 g/mol. The van der Waals surface area contributed by atoms with Gasteiger partial charge in [0.25, 0.3) is 0 Å². The molecule has 3 heterocycles. The van der Waals surface area contributed by atoms with E-state index in [1.54, 1.807) is 6.07 Å². The number of nitrogens with zero attached hydrogens (tertiary/aromatic N) is 2. The average molecular weight is 347 g/mol. The number of halogens is 1. The Morgan fingerprint density at radius 2 is 1.95 bits per heavy atom. The average Bonchev–Trinajstić information content (AvgIpc) is 3.05. The summed E-state index contributed by atoms with van der Waals surface area (Å²) in [6.45, 7) is 3.94. The zero-order chi connectivity index (χ0) is 15.1. The molecule has 3 aromatic heterocycles. The molecule has 1 unspecified atom stereocenters. The summed E-state index contributed by atoms with van der Waals surface area (Å²) in [5, 5.41) is 9.44. The molecule has 1 atom stereocenters. The van der Waals surface area contributed by atoms with Gasteiger partial charge in [0.1, 0.15) is 0 Å². The molecule has 1 N–H and O–H groups in total. The molecule has 0 saturated carbocycles. The zero-order valence-corrected chi connectivity index (χ0v) is 13.3. The molecule has 0 spiro atoms. The van der Waals surface area contributed by atoms with E-state index in [1.165, 1.54) is 0 Å². The topological polar surface area (TPSA) is 46.6 Å². The highest BCUT2D eigenvalue weighted by Gasteiger charge is 2.20. The van der Waals surface area contributed by atoms with Crippen LogP contribution in [0.2, 0.25) is 0 Å². The van der Waals surface area contributed by atoms with E-state index in [0.717, 1.165) is 21.2 Å². The third kappa shape index (κ3) is 2.27. The lowest BCUT2D eigenvalue weighted by Crippen LogP contribution is -2.14. The first kappa shape index (κ1) is 13.9. The van der Waals surface area contributed by atoms with Gasteiger partial charge >= 0.3 is 5.97 Å². The van der Waals surface area contributed by atoms with Gasteiger partial charge in [0.15, 0.2) is 0 Å². The van der Waals surface area contributed by atoms with E-state index in [1.807, 2.05) is 43.7 Å². The number of fused-ring (bicyclic) bond motifs is 1. The highest BCUT2D eigenvalue weighted by molar-refractivity contribution is 9.10. The first-order valence-electron chi connectivity index (χ1n) is 6.66. The maximum atomic E-state index is 11.5. The Hall–Kier alpha value is -2.01. The van der Waals surface area contributed by atoms with Crippen LogP contribution in [-0.2, 0) is 0 Å². The molecule has 0 aliphatic heterocycles. The minimum atomic E-state index is -0.895. The second-order valence-corrected chi connectivity index (χ2v) is 6.05. The Morgan fingerprint density at radius 3 is 2.57 bits per heavy atom. The summed E-state index contributed by atoms with van der Waals surface area (Å²) in [6.07, 6.45) is 5.95. The first-order valence-corrected chi connectivity index (χ1v) is 7.45. The van der Waals surface area contributed by atoms with Gasteiger partial charge in [0, 0.05) is 34.3 Å². The maximum Gasteiger partial charge on any atom is 0.336 e. The molecule has 0 aliphatic carbocycles. The van der Waals surface area contributed by atoms with Crippen LogP contribution in [0.5, 0.6) is 0 Å². The first-order chi connectivity index (χ1) is 9.99. The third-order valence-corrected chi connectivity index (χ3v) is 4.29. The quantitative estimate of drug-likeness (QED) is 0.775. The fourth-order valence-electron chi connectivity index (χ4n) is 2.82. The number of hydrogen-bond acceptors (Lipinski definition) is 1. The van der Waals surface area contributed by atoms with Crippen molar-refractivity contribution in [2.24, 2.45) is 0 Å². The lowest BCUT2D eigenvalue weighted by molar-refractivity contribution is 0.0696. The standard InChI is InChI=1S/C16H15BrN2O2/c1-10-14(16(20)21)8-13-7-12(17)9-19(13)15(10)11(2)18-5-3-4-6-18/h3-9,11H,1-2H3,(H,20,21). The predicted molar refractivity (Wildman–Crippen MR) is 85.0 cm³/mol. The number of carboxylic acid groups (broad SMARTS) is 1. The SMILES string of the molecule is Cc1c(C(=O)O)cc2cc(Br)cn2c1C(C)n1cccc1. The van der Waals surface area contributed by atoms with Crippen LogP contribution in [-0.4, -0.2) is 20.0 Å². The van der Waals surface area contributed by atoms with Crippen molar-refractivity contribution in [2.75, 3.05) is 0 Å². The molecule has 108 valence electrons. The number of pyridine rings is 1. The van der Waals surface area contributed by atoms with Crippen LogP contribution in [0.1, 0.15) is 34.6 Å². The lowest BCUT2D eigenvalue weighted by Gasteiger charge is -2.20. The van der Waals surface area contributed by atoms with E-state index < -0.39 is 5.97 Å².